The standard InChI is InChI=1S/C23H30F6N2O3/c1-13(2)21(7-6-17(11-21)31-19(33)34-20(3,4)5)18(32)30-12-14-8-15(22(24,25)26)10-16(9-14)23(27,28)29/h8-10,13,17H,6-7,11-12H2,1-5H3,(H,30,32)(H,31,33)/t17-,21+/m1/s1. The van der Waals surface area contributed by atoms with Crippen molar-refractivity contribution in [2.45, 2.75) is 84.4 Å². The summed E-state index contributed by atoms with van der Waals surface area (Å²) in [5.74, 6) is -0.674. The number of amides is 2. The topological polar surface area (TPSA) is 67.4 Å². The zero-order valence-corrected chi connectivity index (χ0v) is 19.7. The molecule has 2 amide bonds. The van der Waals surface area contributed by atoms with E-state index in [9.17, 15) is 35.9 Å². The van der Waals surface area contributed by atoms with Crippen molar-refractivity contribution in [3.05, 3.63) is 34.9 Å². The lowest BCUT2D eigenvalue weighted by Gasteiger charge is -2.32. The lowest BCUT2D eigenvalue weighted by molar-refractivity contribution is -0.143. The Balaban J connectivity index is 2.16. The number of carbonyl (C=O) groups excluding carboxylic acids is 2. The first kappa shape index (κ1) is 27.8. The molecule has 2 atom stereocenters. The molecule has 0 aromatic heterocycles. The predicted octanol–water partition coefficient (Wildman–Crippen LogP) is 6.06. The average molecular weight is 496 g/mol. The van der Waals surface area contributed by atoms with Crippen molar-refractivity contribution in [2.75, 3.05) is 0 Å². The van der Waals surface area contributed by atoms with Crippen molar-refractivity contribution in [3.8, 4) is 0 Å². The summed E-state index contributed by atoms with van der Waals surface area (Å²) >= 11 is 0. The fourth-order valence-corrected chi connectivity index (χ4v) is 4.15. The van der Waals surface area contributed by atoms with Gasteiger partial charge < -0.3 is 15.4 Å². The molecule has 1 aliphatic rings. The van der Waals surface area contributed by atoms with E-state index in [1.165, 1.54) is 0 Å². The molecule has 1 aromatic rings. The number of ether oxygens (including phenoxy) is 1. The van der Waals surface area contributed by atoms with Gasteiger partial charge in [-0.25, -0.2) is 4.79 Å². The number of hydrogen-bond acceptors (Lipinski definition) is 3. The van der Waals surface area contributed by atoms with Crippen LogP contribution < -0.4 is 10.6 Å². The van der Waals surface area contributed by atoms with Gasteiger partial charge in [-0.2, -0.15) is 26.3 Å². The molecular weight excluding hydrogens is 466 g/mol. The predicted molar refractivity (Wildman–Crippen MR) is 113 cm³/mol. The van der Waals surface area contributed by atoms with Crippen LogP contribution >= 0.6 is 0 Å². The third-order valence-corrected chi connectivity index (χ3v) is 5.93. The number of carbonyl (C=O) groups is 2. The van der Waals surface area contributed by atoms with E-state index < -0.39 is 53.0 Å². The summed E-state index contributed by atoms with van der Waals surface area (Å²) in [4.78, 5) is 25.2. The summed E-state index contributed by atoms with van der Waals surface area (Å²) < 4.78 is 83.8. The maximum atomic E-state index is 13.1. The first-order chi connectivity index (χ1) is 15.3. The second-order valence-corrected chi connectivity index (χ2v) is 9.99. The minimum atomic E-state index is -4.97. The highest BCUT2D eigenvalue weighted by atomic mass is 19.4. The normalized spacial score (nSPS) is 21.5. The Morgan fingerprint density at radius 1 is 1.03 bits per heavy atom. The van der Waals surface area contributed by atoms with Gasteiger partial charge in [0.15, 0.2) is 0 Å². The second-order valence-electron chi connectivity index (χ2n) is 9.99. The Labute approximate surface area is 194 Å². The summed E-state index contributed by atoms with van der Waals surface area (Å²) in [6.45, 7) is 8.26. The Kier molecular flexibility index (Phi) is 7.89. The first-order valence-corrected chi connectivity index (χ1v) is 10.9. The highest BCUT2D eigenvalue weighted by Crippen LogP contribution is 2.45. The maximum Gasteiger partial charge on any atom is 0.416 e. The maximum absolute atomic E-state index is 13.1. The number of rotatable bonds is 5. The van der Waals surface area contributed by atoms with Crippen molar-refractivity contribution in [3.63, 3.8) is 0 Å². The van der Waals surface area contributed by atoms with E-state index in [0.29, 0.717) is 25.0 Å². The molecule has 1 fully saturated rings. The fraction of sp³-hybridized carbons (Fsp3) is 0.652. The van der Waals surface area contributed by atoms with E-state index in [4.69, 9.17) is 4.74 Å². The molecule has 1 aliphatic carbocycles. The van der Waals surface area contributed by atoms with Gasteiger partial charge in [0.1, 0.15) is 5.60 Å². The van der Waals surface area contributed by atoms with Crippen LogP contribution in [0.5, 0.6) is 0 Å². The van der Waals surface area contributed by atoms with Gasteiger partial charge in [-0.3, -0.25) is 4.79 Å². The third-order valence-electron chi connectivity index (χ3n) is 5.93. The fourth-order valence-electron chi connectivity index (χ4n) is 4.15. The number of alkyl halides is 6. The molecule has 0 heterocycles. The first-order valence-electron chi connectivity index (χ1n) is 10.9. The monoisotopic (exact) mass is 496 g/mol. The van der Waals surface area contributed by atoms with Gasteiger partial charge in [0.05, 0.1) is 16.5 Å². The molecule has 0 unspecified atom stereocenters. The molecule has 1 saturated carbocycles. The van der Waals surface area contributed by atoms with Crippen molar-refractivity contribution >= 4 is 12.0 Å². The molecule has 0 spiro atoms. The molecule has 0 bridgehead atoms. The molecule has 192 valence electrons. The van der Waals surface area contributed by atoms with Gasteiger partial charge in [-0.15, -0.1) is 0 Å². The Morgan fingerprint density at radius 3 is 2.00 bits per heavy atom. The second kappa shape index (κ2) is 9.65. The van der Waals surface area contributed by atoms with Crippen molar-refractivity contribution < 1.29 is 40.7 Å². The summed E-state index contributed by atoms with van der Waals surface area (Å²) in [5, 5.41) is 5.25. The Morgan fingerprint density at radius 2 is 1.56 bits per heavy atom. The lowest BCUT2D eigenvalue weighted by atomic mass is 9.74. The van der Waals surface area contributed by atoms with E-state index in [1.807, 2.05) is 13.8 Å². The van der Waals surface area contributed by atoms with Crippen molar-refractivity contribution in [1.82, 2.24) is 10.6 Å². The van der Waals surface area contributed by atoms with Crippen LogP contribution in [0.1, 0.15) is 70.6 Å². The summed E-state index contributed by atoms with van der Waals surface area (Å²) in [6, 6.07) is 0.886. The number of alkyl carbamates (subject to hydrolysis) is 1. The van der Waals surface area contributed by atoms with Gasteiger partial charge in [-0.05, 0) is 69.7 Å². The van der Waals surface area contributed by atoms with Crippen molar-refractivity contribution in [1.29, 1.82) is 0 Å². The largest absolute Gasteiger partial charge is 0.444 e. The van der Waals surface area contributed by atoms with Crippen LogP contribution in [-0.2, 0) is 28.4 Å². The SMILES string of the molecule is CC(C)[C@]1(C(=O)NCc2cc(C(F)(F)F)cc(C(F)(F)F)c2)CC[C@@H](NC(=O)OC(C)(C)C)C1. The van der Waals surface area contributed by atoms with Gasteiger partial charge in [0.2, 0.25) is 5.91 Å². The number of hydrogen-bond donors (Lipinski definition) is 2. The molecule has 11 heteroatoms. The molecule has 0 saturated heterocycles. The molecule has 34 heavy (non-hydrogen) atoms. The molecule has 0 aliphatic heterocycles. The van der Waals surface area contributed by atoms with E-state index in [0.717, 1.165) is 0 Å². The minimum absolute atomic E-state index is 0.0465. The zero-order valence-electron chi connectivity index (χ0n) is 19.7. The quantitative estimate of drug-likeness (QED) is 0.487. The molecular formula is C23H30F6N2O3. The van der Waals surface area contributed by atoms with Gasteiger partial charge in [0.25, 0.3) is 0 Å². The van der Waals surface area contributed by atoms with Crippen LogP contribution in [0, 0.1) is 11.3 Å². The lowest BCUT2D eigenvalue weighted by Crippen LogP contribution is -2.45. The van der Waals surface area contributed by atoms with Crippen molar-refractivity contribution in [2.24, 2.45) is 11.3 Å². The minimum Gasteiger partial charge on any atom is -0.444 e. The summed E-state index contributed by atoms with van der Waals surface area (Å²) in [6.07, 6.45) is -9.41. The molecule has 2 rings (SSSR count). The number of halogens is 6. The highest BCUT2D eigenvalue weighted by Gasteiger charge is 2.48. The highest BCUT2D eigenvalue weighted by molar-refractivity contribution is 5.83. The molecule has 0 radical (unpaired) electrons. The Hall–Kier alpha value is -2.46. The summed E-state index contributed by atoms with van der Waals surface area (Å²) in [5.41, 5.74) is -4.82. The molecule has 2 N–H and O–H groups in total. The van der Waals surface area contributed by atoms with Gasteiger partial charge >= 0.3 is 18.4 Å². The van der Waals surface area contributed by atoms with Crippen LogP contribution in [-0.4, -0.2) is 23.6 Å². The van der Waals surface area contributed by atoms with Crippen LogP contribution in [0.2, 0.25) is 0 Å². The van der Waals surface area contributed by atoms with Crippen LogP contribution in [0.4, 0.5) is 31.1 Å². The van der Waals surface area contributed by atoms with E-state index in [2.05, 4.69) is 10.6 Å². The van der Waals surface area contributed by atoms with E-state index in [-0.39, 0.29) is 30.0 Å². The van der Waals surface area contributed by atoms with Crippen LogP contribution in [0.15, 0.2) is 18.2 Å². The average Bonchev–Trinajstić information content (AvgIpc) is 3.08. The Bertz CT molecular complexity index is 873. The third kappa shape index (κ3) is 7.02. The van der Waals surface area contributed by atoms with Gasteiger partial charge in [-0.1, -0.05) is 13.8 Å². The smallest absolute Gasteiger partial charge is 0.416 e. The van der Waals surface area contributed by atoms with Gasteiger partial charge in [0, 0.05) is 12.6 Å². The zero-order chi connectivity index (χ0) is 26.1. The van der Waals surface area contributed by atoms with E-state index in [1.54, 1.807) is 20.8 Å². The molecule has 1 aromatic carbocycles. The van der Waals surface area contributed by atoms with E-state index >= 15 is 0 Å². The summed E-state index contributed by atoms with van der Waals surface area (Å²) in [7, 11) is 0. The van der Waals surface area contributed by atoms with Crippen LogP contribution in [0.25, 0.3) is 0 Å². The van der Waals surface area contributed by atoms with Crippen LogP contribution in [0.3, 0.4) is 0 Å². The number of nitrogens with one attached hydrogen (secondary N) is 2. The molecule has 5 nitrogen and oxygen atoms in total. The number of benzene rings is 1.